The van der Waals surface area contributed by atoms with E-state index >= 15 is 0 Å². The highest BCUT2D eigenvalue weighted by molar-refractivity contribution is 5.93. The Morgan fingerprint density at radius 3 is 2.63 bits per heavy atom. The lowest BCUT2D eigenvalue weighted by molar-refractivity contribution is -0.148. The Bertz CT molecular complexity index is 973. The van der Waals surface area contributed by atoms with Crippen molar-refractivity contribution in [3.8, 4) is 11.5 Å². The van der Waals surface area contributed by atoms with Crippen molar-refractivity contribution in [1.29, 1.82) is 0 Å². The van der Waals surface area contributed by atoms with Gasteiger partial charge < -0.3 is 10.5 Å². The first-order valence-electron chi connectivity index (χ1n) is 8.74. The normalized spacial score (nSPS) is 12.0. The number of hydrogen-bond acceptors (Lipinski definition) is 4. The van der Waals surface area contributed by atoms with Crippen molar-refractivity contribution in [3.63, 3.8) is 0 Å². The van der Waals surface area contributed by atoms with Gasteiger partial charge in [-0.2, -0.15) is 5.10 Å². The number of nitrogens with two attached hydrogens (primary N) is 1. The summed E-state index contributed by atoms with van der Waals surface area (Å²) in [6.07, 6.45) is 3.40. The smallest absolute Gasteiger partial charge is 0.306 e. The summed E-state index contributed by atoms with van der Waals surface area (Å²) >= 11 is 0. The Labute approximate surface area is 157 Å². The highest BCUT2D eigenvalue weighted by atomic mass is 16.5. The van der Waals surface area contributed by atoms with Crippen molar-refractivity contribution in [3.05, 3.63) is 65.6 Å². The fourth-order valence-corrected chi connectivity index (χ4v) is 3.00. The number of aromatic nitrogens is 3. The van der Waals surface area contributed by atoms with Gasteiger partial charge in [-0.05, 0) is 55.8 Å². The van der Waals surface area contributed by atoms with E-state index in [-0.39, 0.29) is 5.97 Å². The second kappa shape index (κ2) is 7.49. The number of benzene rings is 1. The standard InChI is InChI=1S/C20H22N4O3/c1-4-19(25)27-14(3)17-8-9-18(23-11-5-10-22-23)24(17)16-7-6-15(20(21)26)12-13(16)2/h5-12,14H,4H2,1-3H3,(H2,21,26). The van der Waals surface area contributed by atoms with Gasteiger partial charge in [0.1, 0.15) is 11.9 Å². The van der Waals surface area contributed by atoms with Crippen molar-refractivity contribution >= 4 is 11.9 Å². The molecule has 0 aliphatic carbocycles. The minimum absolute atomic E-state index is 0.267. The molecule has 0 fully saturated rings. The maximum absolute atomic E-state index is 11.8. The molecule has 0 bridgehead atoms. The lowest BCUT2D eigenvalue weighted by Crippen LogP contribution is -2.15. The van der Waals surface area contributed by atoms with E-state index in [9.17, 15) is 9.59 Å². The highest BCUT2D eigenvalue weighted by Crippen LogP contribution is 2.29. The third kappa shape index (κ3) is 3.62. The molecule has 0 saturated heterocycles. The average Bonchev–Trinajstić information content (AvgIpc) is 3.30. The number of ether oxygens (including phenoxy) is 1. The first kappa shape index (κ1) is 18.4. The summed E-state index contributed by atoms with van der Waals surface area (Å²) in [5, 5.41) is 4.31. The first-order valence-corrected chi connectivity index (χ1v) is 8.74. The van der Waals surface area contributed by atoms with Gasteiger partial charge >= 0.3 is 5.97 Å². The van der Waals surface area contributed by atoms with Gasteiger partial charge in [0.05, 0.1) is 11.4 Å². The quantitative estimate of drug-likeness (QED) is 0.679. The summed E-state index contributed by atoms with van der Waals surface area (Å²) < 4.78 is 9.23. The number of amides is 1. The van der Waals surface area contributed by atoms with E-state index in [2.05, 4.69) is 5.10 Å². The molecule has 0 spiro atoms. The number of carbonyl (C=O) groups excluding carboxylic acids is 2. The van der Waals surface area contributed by atoms with Gasteiger partial charge in [-0.15, -0.1) is 0 Å². The van der Waals surface area contributed by atoms with E-state index < -0.39 is 12.0 Å². The van der Waals surface area contributed by atoms with Gasteiger partial charge in [-0.25, -0.2) is 4.68 Å². The van der Waals surface area contributed by atoms with Crippen LogP contribution in [0.3, 0.4) is 0 Å². The van der Waals surface area contributed by atoms with Crippen LogP contribution in [0.1, 0.15) is 48.0 Å². The number of hydrogen-bond donors (Lipinski definition) is 1. The summed E-state index contributed by atoms with van der Waals surface area (Å²) in [5.74, 6) is 0.0518. The molecule has 1 aromatic carbocycles. The largest absolute Gasteiger partial charge is 0.456 e. The van der Waals surface area contributed by atoms with E-state index in [1.807, 2.05) is 48.9 Å². The molecule has 0 saturated carbocycles. The van der Waals surface area contributed by atoms with E-state index in [1.54, 1.807) is 29.9 Å². The third-order valence-electron chi connectivity index (χ3n) is 4.37. The van der Waals surface area contributed by atoms with E-state index in [1.165, 1.54) is 0 Å². The number of aryl methyl sites for hydroxylation is 1. The lowest BCUT2D eigenvalue weighted by Gasteiger charge is -2.20. The predicted octanol–water partition coefficient (Wildman–Crippen LogP) is 3.08. The molecular weight excluding hydrogens is 344 g/mol. The lowest BCUT2D eigenvalue weighted by atomic mass is 10.1. The molecule has 3 aromatic rings. The Morgan fingerprint density at radius 2 is 2.04 bits per heavy atom. The second-order valence-corrected chi connectivity index (χ2v) is 6.25. The maximum atomic E-state index is 11.8. The van der Waals surface area contributed by atoms with Crippen LogP contribution in [0.25, 0.3) is 11.5 Å². The van der Waals surface area contributed by atoms with Gasteiger partial charge in [-0.1, -0.05) is 6.92 Å². The van der Waals surface area contributed by atoms with Gasteiger partial charge in [0.2, 0.25) is 5.91 Å². The summed E-state index contributed by atoms with van der Waals surface area (Å²) in [6, 6.07) is 10.9. The minimum atomic E-state index is -0.477. The molecule has 7 nitrogen and oxygen atoms in total. The molecular formula is C20H22N4O3. The van der Waals surface area contributed by atoms with Crippen LogP contribution in [0.4, 0.5) is 0 Å². The van der Waals surface area contributed by atoms with Crippen LogP contribution in [0.15, 0.2) is 48.8 Å². The molecule has 27 heavy (non-hydrogen) atoms. The summed E-state index contributed by atoms with van der Waals surface area (Å²) in [4.78, 5) is 23.2. The first-order chi connectivity index (χ1) is 12.9. The average molecular weight is 366 g/mol. The zero-order valence-electron chi connectivity index (χ0n) is 15.5. The SMILES string of the molecule is CCC(=O)OC(C)c1ccc(-n2cccn2)n1-c1ccc(C(N)=O)cc1C. The van der Waals surface area contributed by atoms with Gasteiger partial charge in [0, 0.05) is 24.4 Å². The van der Waals surface area contributed by atoms with Crippen LogP contribution in [0.2, 0.25) is 0 Å². The fourth-order valence-electron chi connectivity index (χ4n) is 3.00. The third-order valence-corrected chi connectivity index (χ3v) is 4.37. The van der Waals surface area contributed by atoms with Crippen molar-refractivity contribution in [2.45, 2.75) is 33.3 Å². The molecule has 1 amide bonds. The van der Waals surface area contributed by atoms with Crippen LogP contribution < -0.4 is 5.73 Å². The predicted molar refractivity (Wildman–Crippen MR) is 101 cm³/mol. The van der Waals surface area contributed by atoms with Crippen molar-refractivity contribution in [2.75, 3.05) is 0 Å². The Hall–Kier alpha value is -3.35. The fraction of sp³-hybridized carbons (Fsp3) is 0.250. The van der Waals surface area contributed by atoms with E-state index in [0.29, 0.717) is 12.0 Å². The summed E-state index contributed by atoms with van der Waals surface area (Å²) in [6.45, 7) is 5.50. The molecule has 2 heterocycles. The molecule has 2 aromatic heterocycles. The molecule has 0 radical (unpaired) electrons. The molecule has 1 unspecified atom stereocenters. The minimum Gasteiger partial charge on any atom is -0.456 e. The van der Waals surface area contributed by atoms with Crippen molar-refractivity contribution in [2.24, 2.45) is 5.73 Å². The van der Waals surface area contributed by atoms with Crippen LogP contribution >= 0.6 is 0 Å². The maximum Gasteiger partial charge on any atom is 0.306 e. The number of primary amides is 1. The second-order valence-electron chi connectivity index (χ2n) is 6.25. The number of carbonyl (C=O) groups is 2. The van der Waals surface area contributed by atoms with Crippen molar-refractivity contribution < 1.29 is 14.3 Å². The topological polar surface area (TPSA) is 92.1 Å². The Morgan fingerprint density at radius 1 is 1.26 bits per heavy atom. The molecule has 0 aliphatic heterocycles. The zero-order valence-corrected chi connectivity index (χ0v) is 15.5. The summed E-state index contributed by atoms with van der Waals surface area (Å²) in [7, 11) is 0. The number of rotatable bonds is 6. The Balaban J connectivity index is 2.15. The van der Waals surface area contributed by atoms with E-state index in [0.717, 1.165) is 22.8 Å². The highest BCUT2D eigenvalue weighted by Gasteiger charge is 2.21. The monoisotopic (exact) mass is 366 g/mol. The molecule has 140 valence electrons. The molecule has 1 atom stereocenters. The molecule has 0 aliphatic rings. The van der Waals surface area contributed by atoms with Crippen LogP contribution in [0, 0.1) is 6.92 Å². The number of esters is 1. The van der Waals surface area contributed by atoms with Crippen LogP contribution in [0.5, 0.6) is 0 Å². The van der Waals surface area contributed by atoms with Gasteiger partial charge in [-0.3, -0.25) is 14.2 Å². The molecule has 7 heteroatoms. The van der Waals surface area contributed by atoms with Gasteiger partial charge in [0.25, 0.3) is 0 Å². The summed E-state index contributed by atoms with van der Waals surface area (Å²) in [5.41, 5.74) is 8.35. The van der Waals surface area contributed by atoms with Crippen LogP contribution in [-0.2, 0) is 9.53 Å². The Kier molecular flexibility index (Phi) is 5.12. The van der Waals surface area contributed by atoms with E-state index in [4.69, 9.17) is 10.5 Å². The van der Waals surface area contributed by atoms with Crippen LogP contribution in [-0.4, -0.2) is 26.2 Å². The number of nitrogens with zero attached hydrogens (tertiary/aromatic N) is 3. The molecule has 3 rings (SSSR count). The zero-order chi connectivity index (χ0) is 19.6. The molecule has 2 N–H and O–H groups in total. The van der Waals surface area contributed by atoms with Crippen molar-refractivity contribution in [1.82, 2.24) is 14.3 Å². The van der Waals surface area contributed by atoms with Gasteiger partial charge in [0.15, 0.2) is 0 Å².